The number of nitrogens with one attached hydrogen (secondary N) is 1. The molecule has 1 aromatic carbocycles. The number of nitrogens with zero attached hydrogens (tertiary/aromatic N) is 4. The minimum Gasteiger partial charge on any atom is -0.337 e. The SMILES string of the molecule is O=C(Nc1nccs1)C1CCCN(C(=O)C2=NN(Cc3ccccc3)C(=O)CC2)C1. The predicted octanol–water partition coefficient (Wildman–Crippen LogP) is 2.50. The minimum atomic E-state index is -0.280. The van der Waals surface area contributed by atoms with E-state index in [1.54, 1.807) is 16.5 Å². The number of thiazole rings is 1. The molecule has 2 aromatic rings. The lowest BCUT2D eigenvalue weighted by molar-refractivity contribution is -0.132. The van der Waals surface area contributed by atoms with Gasteiger partial charge in [-0.25, -0.2) is 9.99 Å². The number of anilines is 1. The van der Waals surface area contributed by atoms with Crippen LogP contribution in [0.1, 0.15) is 31.2 Å². The van der Waals surface area contributed by atoms with Crippen LogP contribution in [-0.2, 0) is 20.9 Å². The van der Waals surface area contributed by atoms with Gasteiger partial charge in [0.05, 0.1) is 12.5 Å². The molecule has 1 unspecified atom stereocenters. The first kappa shape index (κ1) is 20.2. The Morgan fingerprint density at radius 1 is 1.20 bits per heavy atom. The molecule has 1 aromatic heterocycles. The largest absolute Gasteiger partial charge is 0.337 e. The molecule has 1 saturated heterocycles. The Kier molecular flexibility index (Phi) is 6.18. The number of likely N-dealkylation sites (tertiary alicyclic amines) is 1. The Morgan fingerprint density at radius 2 is 2.03 bits per heavy atom. The third kappa shape index (κ3) is 4.73. The number of hydrogen-bond donors (Lipinski definition) is 1. The first-order valence-electron chi connectivity index (χ1n) is 10.0. The van der Waals surface area contributed by atoms with E-state index >= 15 is 0 Å². The molecule has 3 heterocycles. The summed E-state index contributed by atoms with van der Waals surface area (Å²) in [5, 5.41) is 10.9. The Hall–Kier alpha value is -3.07. The van der Waals surface area contributed by atoms with E-state index in [1.807, 2.05) is 30.3 Å². The van der Waals surface area contributed by atoms with Crippen LogP contribution in [0.3, 0.4) is 0 Å². The molecular formula is C21H23N5O3S. The van der Waals surface area contributed by atoms with Gasteiger partial charge in [0.15, 0.2) is 5.13 Å². The van der Waals surface area contributed by atoms with Crippen LogP contribution in [0.5, 0.6) is 0 Å². The van der Waals surface area contributed by atoms with E-state index in [9.17, 15) is 14.4 Å². The predicted molar refractivity (Wildman–Crippen MR) is 114 cm³/mol. The molecule has 0 saturated carbocycles. The Labute approximate surface area is 178 Å². The van der Waals surface area contributed by atoms with Gasteiger partial charge in [0.1, 0.15) is 5.71 Å². The number of aromatic nitrogens is 1. The number of amides is 3. The van der Waals surface area contributed by atoms with Crippen molar-refractivity contribution in [3.8, 4) is 0 Å². The highest BCUT2D eigenvalue weighted by Crippen LogP contribution is 2.22. The maximum Gasteiger partial charge on any atom is 0.270 e. The second kappa shape index (κ2) is 9.17. The first-order chi connectivity index (χ1) is 14.6. The number of piperidine rings is 1. The van der Waals surface area contributed by atoms with E-state index < -0.39 is 0 Å². The van der Waals surface area contributed by atoms with Crippen LogP contribution in [0.25, 0.3) is 0 Å². The number of benzene rings is 1. The summed E-state index contributed by atoms with van der Waals surface area (Å²) >= 11 is 1.37. The average Bonchev–Trinajstić information content (AvgIpc) is 3.28. The van der Waals surface area contributed by atoms with Crippen molar-refractivity contribution in [2.45, 2.75) is 32.2 Å². The fraction of sp³-hybridized carbons (Fsp3) is 0.381. The zero-order chi connectivity index (χ0) is 20.9. The second-order valence-electron chi connectivity index (χ2n) is 7.40. The molecule has 4 rings (SSSR count). The molecule has 2 aliphatic rings. The van der Waals surface area contributed by atoms with Crippen LogP contribution >= 0.6 is 11.3 Å². The summed E-state index contributed by atoms with van der Waals surface area (Å²) in [6.45, 7) is 1.28. The molecule has 0 bridgehead atoms. The van der Waals surface area contributed by atoms with Gasteiger partial charge >= 0.3 is 0 Å². The molecule has 0 aliphatic carbocycles. The van der Waals surface area contributed by atoms with Crippen molar-refractivity contribution in [2.75, 3.05) is 18.4 Å². The molecule has 8 nitrogen and oxygen atoms in total. The second-order valence-corrected chi connectivity index (χ2v) is 8.30. The lowest BCUT2D eigenvalue weighted by Gasteiger charge is -2.33. The third-order valence-electron chi connectivity index (χ3n) is 5.27. The van der Waals surface area contributed by atoms with Gasteiger partial charge in [0, 0.05) is 37.5 Å². The molecule has 30 heavy (non-hydrogen) atoms. The van der Waals surface area contributed by atoms with Gasteiger partial charge in [-0.05, 0) is 18.4 Å². The van der Waals surface area contributed by atoms with Crippen LogP contribution in [-0.4, -0.2) is 51.4 Å². The van der Waals surface area contributed by atoms with Crippen LogP contribution < -0.4 is 5.32 Å². The maximum absolute atomic E-state index is 13.1. The van der Waals surface area contributed by atoms with E-state index in [1.165, 1.54) is 16.3 Å². The summed E-state index contributed by atoms with van der Waals surface area (Å²) in [5.74, 6) is -0.672. The monoisotopic (exact) mass is 425 g/mol. The summed E-state index contributed by atoms with van der Waals surface area (Å²) in [4.78, 5) is 43.6. The van der Waals surface area contributed by atoms with Crippen molar-refractivity contribution >= 4 is 39.9 Å². The molecule has 1 fully saturated rings. The topological polar surface area (TPSA) is 95.0 Å². The highest BCUT2D eigenvalue weighted by molar-refractivity contribution is 7.13. The summed E-state index contributed by atoms with van der Waals surface area (Å²) in [6.07, 6.45) is 3.71. The highest BCUT2D eigenvalue weighted by Gasteiger charge is 2.33. The smallest absolute Gasteiger partial charge is 0.270 e. The Balaban J connectivity index is 1.41. The van der Waals surface area contributed by atoms with Crippen LogP contribution in [0.15, 0.2) is 47.0 Å². The lowest BCUT2D eigenvalue weighted by atomic mass is 9.96. The number of hydrazone groups is 1. The van der Waals surface area contributed by atoms with Crippen molar-refractivity contribution < 1.29 is 14.4 Å². The van der Waals surface area contributed by atoms with Gasteiger partial charge in [-0.2, -0.15) is 5.10 Å². The molecule has 2 aliphatic heterocycles. The molecule has 0 radical (unpaired) electrons. The number of carbonyl (C=O) groups is 3. The molecule has 156 valence electrons. The van der Waals surface area contributed by atoms with Gasteiger partial charge in [-0.15, -0.1) is 11.3 Å². The van der Waals surface area contributed by atoms with Crippen molar-refractivity contribution in [3.63, 3.8) is 0 Å². The minimum absolute atomic E-state index is 0.0882. The highest BCUT2D eigenvalue weighted by atomic mass is 32.1. The van der Waals surface area contributed by atoms with Crippen molar-refractivity contribution in [1.29, 1.82) is 0 Å². The van der Waals surface area contributed by atoms with Gasteiger partial charge in [0.2, 0.25) is 11.8 Å². The van der Waals surface area contributed by atoms with Gasteiger partial charge in [0.25, 0.3) is 5.91 Å². The van der Waals surface area contributed by atoms with E-state index in [0.717, 1.165) is 18.4 Å². The quantitative estimate of drug-likeness (QED) is 0.796. The molecule has 1 atom stereocenters. The maximum atomic E-state index is 13.1. The average molecular weight is 426 g/mol. The van der Waals surface area contributed by atoms with E-state index in [-0.39, 0.29) is 30.1 Å². The molecule has 0 spiro atoms. The lowest BCUT2D eigenvalue weighted by Crippen LogP contribution is -2.47. The van der Waals surface area contributed by atoms with E-state index in [4.69, 9.17) is 0 Å². The molecular weight excluding hydrogens is 402 g/mol. The van der Waals surface area contributed by atoms with Crippen LogP contribution in [0.2, 0.25) is 0 Å². The molecule has 1 N–H and O–H groups in total. The van der Waals surface area contributed by atoms with E-state index in [2.05, 4.69) is 15.4 Å². The number of carbonyl (C=O) groups excluding carboxylic acids is 3. The van der Waals surface area contributed by atoms with E-state index in [0.29, 0.717) is 36.9 Å². The summed E-state index contributed by atoms with van der Waals surface area (Å²) in [6, 6.07) is 9.58. The third-order valence-corrected chi connectivity index (χ3v) is 5.96. The van der Waals surface area contributed by atoms with Crippen molar-refractivity contribution in [2.24, 2.45) is 11.0 Å². The molecule has 3 amide bonds. The fourth-order valence-corrected chi connectivity index (χ4v) is 4.22. The van der Waals surface area contributed by atoms with Crippen molar-refractivity contribution in [1.82, 2.24) is 14.9 Å². The standard InChI is InChI=1S/C21H23N5O3S/c27-18-9-8-17(24-26(18)13-15-5-2-1-3-6-15)20(29)25-11-4-7-16(14-25)19(28)23-21-22-10-12-30-21/h1-3,5-6,10,12,16H,4,7-9,11,13-14H2,(H,22,23,28). The van der Waals surface area contributed by atoms with Gasteiger partial charge in [-0.3, -0.25) is 14.4 Å². The summed E-state index contributed by atoms with van der Waals surface area (Å²) in [7, 11) is 0. The van der Waals surface area contributed by atoms with Crippen molar-refractivity contribution in [3.05, 3.63) is 47.5 Å². The fourth-order valence-electron chi connectivity index (χ4n) is 3.69. The number of rotatable bonds is 5. The Bertz CT molecular complexity index is 945. The zero-order valence-electron chi connectivity index (χ0n) is 16.5. The normalized spacial score (nSPS) is 19.4. The van der Waals surface area contributed by atoms with Crippen LogP contribution in [0, 0.1) is 5.92 Å². The zero-order valence-corrected chi connectivity index (χ0v) is 17.3. The van der Waals surface area contributed by atoms with Gasteiger partial charge in [-0.1, -0.05) is 30.3 Å². The summed E-state index contributed by atoms with van der Waals surface area (Å²) in [5.41, 5.74) is 1.34. The van der Waals surface area contributed by atoms with Gasteiger partial charge < -0.3 is 10.2 Å². The molecule has 9 heteroatoms. The van der Waals surface area contributed by atoms with Crippen LogP contribution in [0.4, 0.5) is 5.13 Å². The first-order valence-corrected chi connectivity index (χ1v) is 10.9. The Morgan fingerprint density at radius 3 is 2.80 bits per heavy atom. The number of hydrogen-bond acceptors (Lipinski definition) is 6. The summed E-state index contributed by atoms with van der Waals surface area (Å²) < 4.78 is 0.